The molecule has 0 radical (unpaired) electrons. The molecule has 0 bridgehead atoms. The van der Waals surface area contributed by atoms with E-state index in [-0.39, 0.29) is 0 Å². The summed E-state index contributed by atoms with van der Waals surface area (Å²) in [5, 5.41) is 0. The van der Waals surface area contributed by atoms with Crippen LogP contribution in [0.5, 0.6) is 0 Å². The highest BCUT2D eigenvalue weighted by molar-refractivity contribution is 4.70. The van der Waals surface area contributed by atoms with Gasteiger partial charge in [-0.3, -0.25) is 0 Å². The Morgan fingerprint density at radius 1 is 0.800 bits per heavy atom. The topological polar surface area (TPSA) is 3.24 Å². The molecule has 0 atom stereocenters. The third kappa shape index (κ3) is 14.0. The highest BCUT2D eigenvalue weighted by atomic mass is 15.1. The second-order valence-electron chi connectivity index (χ2n) is 3.98. The molecular formula is C14H35N. The second kappa shape index (κ2) is 14.0. The standard InChI is InChI=1S/C10H23N.2C2H6/c1-6-10(4,5)9-11(7-2)8-3;2*1-2/h6-9H2,1-5H3;2*1-2H3. The van der Waals surface area contributed by atoms with Crippen molar-refractivity contribution in [2.45, 2.75) is 68.7 Å². The van der Waals surface area contributed by atoms with Crippen molar-refractivity contribution in [2.24, 2.45) is 5.41 Å². The lowest BCUT2D eigenvalue weighted by molar-refractivity contribution is 0.187. The number of hydrogen-bond acceptors (Lipinski definition) is 1. The number of nitrogens with zero attached hydrogens (tertiary/aromatic N) is 1. The molecule has 0 unspecified atom stereocenters. The monoisotopic (exact) mass is 217 g/mol. The Morgan fingerprint density at radius 2 is 1.13 bits per heavy atom. The summed E-state index contributed by atoms with van der Waals surface area (Å²) in [7, 11) is 0. The van der Waals surface area contributed by atoms with Gasteiger partial charge in [0.05, 0.1) is 0 Å². The third-order valence-electron chi connectivity index (χ3n) is 2.50. The van der Waals surface area contributed by atoms with Crippen LogP contribution in [-0.2, 0) is 0 Å². The summed E-state index contributed by atoms with van der Waals surface area (Å²) in [4.78, 5) is 2.49. The molecule has 0 aliphatic carbocycles. The average Bonchev–Trinajstić information content (AvgIpc) is 2.31. The van der Waals surface area contributed by atoms with E-state index in [2.05, 4.69) is 39.5 Å². The zero-order valence-corrected chi connectivity index (χ0v) is 12.8. The lowest BCUT2D eigenvalue weighted by Gasteiger charge is -2.30. The van der Waals surface area contributed by atoms with Crippen LogP contribution >= 0.6 is 0 Å². The van der Waals surface area contributed by atoms with E-state index in [9.17, 15) is 0 Å². The van der Waals surface area contributed by atoms with Gasteiger partial charge >= 0.3 is 0 Å². The van der Waals surface area contributed by atoms with Crippen LogP contribution in [0.2, 0.25) is 0 Å². The zero-order chi connectivity index (χ0) is 12.9. The minimum atomic E-state index is 0.492. The second-order valence-corrected chi connectivity index (χ2v) is 3.98. The van der Waals surface area contributed by atoms with Crippen LogP contribution in [0.4, 0.5) is 0 Å². The van der Waals surface area contributed by atoms with Gasteiger partial charge in [0.25, 0.3) is 0 Å². The average molecular weight is 217 g/mol. The van der Waals surface area contributed by atoms with Crippen molar-refractivity contribution in [1.29, 1.82) is 0 Å². The molecule has 0 aromatic carbocycles. The Morgan fingerprint density at radius 3 is 1.33 bits per heavy atom. The quantitative estimate of drug-likeness (QED) is 0.638. The first-order valence-electron chi connectivity index (χ1n) is 6.78. The van der Waals surface area contributed by atoms with E-state index in [0.29, 0.717) is 5.41 Å². The van der Waals surface area contributed by atoms with Gasteiger partial charge in [0.15, 0.2) is 0 Å². The van der Waals surface area contributed by atoms with Crippen molar-refractivity contribution in [1.82, 2.24) is 4.90 Å². The largest absolute Gasteiger partial charge is 0.303 e. The van der Waals surface area contributed by atoms with Gasteiger partial charge in [-0.05, 0) is 24.9 Å². The Bertz CT molecular complexity index is 93.5. The fraction of sp³-hybridized carbons (Fsp3) is 1.00. The smallest absolute Gasteiger partial charge is 0.00323 e. The molecule has 0 aliphatic rings. The van der Waals surface area contributed by atoms with Gasteiger partial charge in [0.2, 0.25) is 0 Å². The van der Waals surface area contributed by atoms with Crippen molar-refractivity contribution in [3.8, 4) is 0 Å². The first-order valence-corrected chi connectivity index (χ1v) is 6.78. The Kier molecular flexibility index (Phi) is 19.0. The minimum absolute atomic E-state index is 0.492. The molecule has 0 saturated carbocycles. The first-order chi connectivity index (χ1) is 7.05. The van der Waals surface area contributed by atoms with Crippen LogP contribution in [0.3, 0.4) is 0 Å². The van der Waals surface area contributed by atoms with Crippen molar-refractivity contribution < 1.29 is 0 Å². The maximum Gasteiger partial charge on any atom is 0.00323 e. The fourth-order valence-corrected chi connectivity index (χ4v) is 1.16. The Labute approximate surface area is 99.3 Å². The highest BCUT2D eigenvalue weighted by Gasteiger charge is 2.17. The SMILES string of the molecule is CC.CC.CCN(CC)CC(C)(C)CC. The van der Waals surface area contributed by atoms with E-state index in [4.69, 9.17) is 0 Å². The predicted molar refractivity (Wildman–Crippen MR) is 74.6 cm³/mol. The highest BCUT2D eigenvalue weighted by Crippen LogP contribution is 2.20. The molecule has 0 aromatic rings. The summed E-state index contributed by atoms with van der Waals surface area (Å²) in [6, 6.07) is 0. The van der Waals surface area contributed by atoms with E-state index in [1.807, 2.05) is 27.7 Å². The molecule has 1 nitrogen and oxygen atoms in total. The van der Waals surface area contributed by atoms with Gasteiger partial charge in [-0.1, -0.05) is 62.3 Å². The maximum atomic E-state index is 2.49. The summed E-state index contributed by atoms with van der Waals surface area (Å²) < 4.78 is 0. The molecule has 0 aromatic heterocycles. The Balaban J connectivity index is -0.000000318. The molecule has 0 fully saturated rings. The molecular weight excluding hydrogens is 182 g/mol. The van der Waals surface area contributed by atoms with E-state index >= 15 is 0 Å². The molecule has 0 heterocycles. The molecule has 0 amide bonds. The van der Waals surface area contributed by atoms with Crippen molar-refractivity contribution in [2.75, 3.05) is 19.6 Å². The van der Waals surface area contributed by atoms with Gasteiger partial charge in [-0.2, -0.15) is 0 Å². The Hall–Kier alpha value is -0.0400. The third-order valence-corrected chi connectivity index (χ3v) is 2.50. The molecule has 1 heteroatoms. The number of rotatable bonds is 5. The van der Waals surface area contributed by atoms with Crippen molar-refractivity contribution in [3.63, 3.8) is 0 Å². The van der Waals surface area contributed by atoms with E-state index in [0.717, 1.165) is 0 Å². The number of hydrogen-bond donors (Lipinski definition) is 0. The van der Waals surface area contributed by atoms with E-state index in [1.165, 1.54) is 26.1 Å². The molecule has 0 spiro atoms. The van der Waals surface area contributed by atoms with Crippen LogP contribution in [0.15, 0.2) is 0 Å². The fourth-order valence-electron chi connectivity index (χ4n) is 1.16. The lowest BCUT2D eigenvalue weighted by Crippen LogP contribution is -2.33. The molecule has 0 saturated heterocycles. The molecule has 15 heavy (non-hydrogen) atoms. The van der Waals surface area contributed by atoms with Crippen LogP contribution in [0.25, 0.3) is 0 Å². The maximum absolute atomic E-state index is 2.49. The summed E-state index contributed by atoms with van der Waals surface area (Å²) in [6.07, 6.45) is 1.27. The van der Waals surface area contributed by atoms with Crippen LogP contribution < -0.4 is 0 Å². The van der Waals surface area contributed by atoms with Gasteiger partial charge in [-0.15, -0.1) is 0 Å². The van der Waals surface area contributed by atoms with Crippen molar-refractivity contribution >= 4 is 0 Å². The zero-order valence-electron chi connectivity index (χ0n) is 12.8. The van der Waals surface area contributed by atoms with Crippen LogP contribution in [0, 0.1) is 5.41 Å². The first kappa shape index (κ1) is 20.4. The van der Waals surface area contributed by atoms with Crippen molar-refractivity contribution in [3.05, 3.63) is 0 Å². The van der Waals surface area contributed by atoms with Gasteiger partial charge in [-0.25, -0.2) is 0 Å². The van der Waals surface area contributed by atoms with Gasteiger partial charge in [0.1, 0.15) is 0 Å². The summed E-state index contributed by atoms with van der Waals surface area (Å²) >= 11 is 0. The van der Waals surface area contributed by atoms with Gasteiger partial charge < -0.3 is 4.90 Å². The van der Waals surface area contributed by atoms with E-state index in [1.54, 1.807) is 0 Å². The van der Waals surface area contributed by atoms with Crippen LogP contribution in [0.1, 0.15) is 68.7 Å². The molecule has 0 rings (SSSR count). The molecule has 0 N–H and O–H groups in total. The minimum Gasteiger partial charge on any atom is -0.303 e. The lowest BCUT2D eigenvalue weighted by atomic mass is 9.90. The summed E-state index contributed by atoms with van der Waals surface area (Å²) in [5.41, 5.74) is 0.492. The van der Waals surface area contributed by atoms with E-state index < -0.39 is 0 Å². The summed E-state index contributed by atoms with van der Waals surface area (Å²) in [6.45, 7) is 23.0. The molecule has 0 aliphatic heterocycles. The van der Waals surface area contributed by atoms with Crippen LogP contribution in [-0.4, -0.2) is 24.5 Å². The normalized spacial score (nSPS) is 10.0. The molecule has 96 valence electrons. The van der Waals surface area contributed by atoms with Gasteiger partial charge in [0, 0.05) is 6.54 Å². The predicted octanol–water partition coefficient (Wildman–Crippen LogP) is 4.82. The summed E-state index contributed by atoms with van der Waals surface area (Å²) in [5.74, 6) is 0.